The van der Waals surface area contributed by atoms with Crippen LogP contribution < -0.4 is 0 Å². The van der Waals surface area contributed by atoms with Crippen LogP contribution in [0, 0.1) is 5.92 Å². The van der Waals surface area contributed by atoms with Crippen molar-refractivity contribution in [3.63, 3.8) is 0 Å². The number of hydrogen-bond donors (Lipinski definition) is 0. The Hall–Kier alpha value is -1.03. The van der Waals surface area contributed by atoms with E-state index in [-0.39, 0.29) is 11.9 Å². The molecule has 0 spiro atoms. The smallest absolute Gasteiger partial charge is 0.233 e. The zero-order valence-corrected chi connectivity index (χ0v) is 12.4. The first-order chi connectivity index (χ1) is 8.50. The van der Waals surface area contributed by atoms with Crippen LogP contribution in [0.3, 0.4) is 0 Å². The third-order valence-corrected chi connectivity index (χ3v) is 3.51. The van der Waals surface area contributed by atoms with Gasteiger partial charge in [0, 0.05) is 29.9 Å². The van der Waals surface area contributed by atoms with E-state index < -0.39 is 0 Å². The van der Waals surface area contributed by atoms with Crippen molar-refractivity contribution < 1.29 is 4.79 Å². The largest absolute Gasteiger partial charge is 0.339 e. The molecule has 0 saturated carbocycles. The molecular formula is C14H22N2OS. The molecule has 0 bridgehead atoms. The zero-order valence-electron chi connectivity index (χ0n) is 11.6. The van der Waals surface area contributed by atoms with Crippen LogP contribution in [-0.2, 0) is 4.79 Å². The van der Waals surface area contributed by atoms with Gasteiger partial charge < -0.3 is 4.90 Å². The zero-order chi connectivity index (χ0) is 13.5. The van der Waals surface area contributed by atoms with Crippen LogP contribution >= 0.6 is 11.8 Å². The quantitative estimate of drug-likeness (QED) is 0.742. The summed E-state index contributed by atoms with van der Waals surface area (Å²) >= 11 is 1.57. The predicted octanol–water partition coefficient (Wildman–Crippen LogP) is 3.07. The highest BCUT2D eigenvalue weighted by molar-refractivity contribution is 8.00. The predicted molar refractivity (Wildman–Crippen MR) is 76.6 cm³/mol. The Kier molecular flexibility index (Phi) is 6.19. The van der Waals surface area contributed by atoms with Gasteiger partial charge in [0.2, 0.25) is 5.91 Å². The molecule has 1 amide bonds. The SMILES string of the molecule is CC(C)CN(C(=O)CSc1ccncc1)C(C)C. The fourth-order valence-corrected chi connectivity index (χ4v) is 2.43. The van der Waals surface area contributed by atoms with E-state index in [1.165, 1.54) is 0 Å². The lowest BCUT2D eigenvalue weighted by molar-refractivity contribution is -0.130. The summed E-state index contributed by atoms with van der Waals surface area (Å²) < 4.78 is 0. The van der Waals surface area contributed by atoms with Gasteiger partial charge in [-0.05, 0) is 31.9 Å². The number of amides is 1. The Balaban J connectivity index is 2.52. The first-order valence-electron chi connectivity index (χ1n) is 6.33. The number of carbonyl (C=O) groups is 1. The standard InChI is InChI=1S/C14H22N2OS/c1-11(2)9-16(12(3)4)14(17)10-18-13-5-7-15-8-6-13/h5-8,11-12H,9-10H2,1-4H3. The van der Waals surface area contributed by atoms with Crippen LogP contribution in [0.4, 0.5) is 0 Å². The van der Waals surface area contributed by atoms with Gasteiger partial charge >= 0.3 is 0 Å². The third-order valence-electron chi connectivity index (χ3n) is 2.52. The third kappa shape index (κ3) is 5.08. The molecule has 0 aliphatic carbocycles. The van der Waals surface area contributed by atoms with Gasteiger partial charge in [-0.3, -0.25) is 9.78 Å². The van der Waals surface area contributed by atoms with Crippen LogP contribution in [-0.4, -0.2) is 34.1 Å². The summed E-state index contributed by atoms with van der Waals surface area (Å²) in [6.07, 6.45) is 3.50. The van der Waals surface area contributed by atoms with Gasteiger partial charge in [-0.2, -0.15) is 0 Å². The molecule has 0 aliphatic rings. The monoisotopic (exact) mass is 266 g/mol. The van der Waals surface area contributed by atoms with E-state index in [2.05, 4.69) is 32.7 Å². The van der Waals surface area contributed by atoms with Gasteiger partial charge in [0.05, 0.1) is 5.75 Å². The lowest BCUT2D eigenvalue weighted by Gasteiger charge is -2.28. The highest BCUT2D eigenvalue weighted by Gasteiger charge is 2.17. The number of rotatable bonds is 6. The molecule has 18 heavy (non-hydrogen) atoms. The molecule has 0 atom stereocenters. The Labute approximate surface area is 114 Å². The molecule has 0 aliphatic heterocycles. The minimum absolute atomic E-state index is 0.209. The molecule has 0 fully saturated rings. The van der Waals surface area contributed by atoms with E-state index in [1.807, 2.05) is 17.0 Å². The lowest BCUT2D eigenvalue weighted by Crippen LogP contribution is -2.40. The number of nitrogens with zero attached hydrogens (tertiary/aromatic N) is 2. The minimum Gasteiger partial charge on any atom is -0.339 e. The molecule has 4 heteroatoms. The van der Waals surface area contributed by atoms with Crippen LogP contribution in [0.5, 0.6) is 0 Å². The molecule has 0 saturated heterocycles. The summed E-state index contributed by atoms with van der Waals surface area (Å²) in [5.74, 6) is 1.21. The van der Waals surface area contributed by atoms with Crippen molar-refractivity contribution in [2.75, 3.05) is 12.3 Å². The second kappa shape index (κ2) is 7.41. The molecule has 0 unspecified atom stereocenters. The molecular weight excluding hydrogens is 244 g/mol. The fraction of sp³-hybridized carbons (Fsp3) is 0.571. The van der Waals surface area contributed by atoms with Gasteiger partial charge in [-0.1, -0.05) is 13.8 Å². The second-order valence-electron chi connectivity index (χ2n) is 5.01. The van der Waals surface area contributed by atoms with Crippen molar-refractivity contribution in [3.05, 3.63) is 24.5 Å². The molecule has 0 aromatic carbocycles. The summed E-state index contributed by atoms with van der Waals surface area (Å²) in [6, 6.07) is 4.12. The number of pyridine rings is 1. The average molecular weight is 266 g/mol. The molecule has 1 rings (SSSR count). The normalized spacial score (nSPS) is 11.0. The van der Waals surface area contributed by atoms with E-state index in [1.54, 1.807) is 24.2 Å². The first kappa shape index (κ1) is 15.0. The van der Waals surface area contributed by atoms with Gasteiger partial charge in [0.25, 0.3) is 0 Å². The maximum Gasteiger partial charge on any atom is 0.233 e. The van der Waals surface area contributed by atoms with Crippen LogP contribution in [0.25, 0.3) is 0 Å². The Bertz CT molecular complexity index is 365. The highest BCUT2D eigenvalue weighted by atomic mass is 32.2. The minimum atomic E-state index is 0.209. The fourth-order valence-electron chi connectivity index (χ4n) is 1.66. The molecule has 100 valence electrons. The van der Waals surface area contributed by atoms with Crippen molar-refractivity contribution in [2.45, 2.75) is 38.6 Å². The second-order valence-corrected chi connectivity index (χ2v) is 6.05. The van der Waals surface area contributed by atoms with Crippen LogP contribution in [0.15, 0.2) is 29.4 Å². The van der Waals surface area contributed by atoms with Gasteiger partial charge in [-0.25, -0.2) is 0 Å². The van der Waals surface area contributed by atoms with Crippen molar-refractivity contribution >= 4 is 17.7 Å². The van der Waals surface area contributed by atoms with Crippen molar-refractivity contribution in [3.8, 4) is 0 Å². The van der Waals surface area contributed by atoms with Crippen molar-refractivity contribution in [1.29, 1.82) is 0 Å². The molecule has 3 nitrogen and oxygen atoms in total. The van der Waals surface area contributed by atoms with E-state index in [0.717, 1.165) is 11.4 Å². The first-order valence-corrected chi connectivity index (χ1v) is 7.31. The van der Waals surface area contributed by atoms with Crippen molar-refractivity contribution in [2.24, 2.45) is 5.92 Å². The number of thioether (sulfide) groups is 1. The van der Waals surface area contributed by atoms with Crippen molar-refractivity contribution in [1.82, 2.24) is 9.88 Å². The summed E-state index contributed by atoms with van der Waals surface area (Å²) in [6.45, 7) is 9.24. The van der Waals surface area contributed by atoms with Crippen LogP contribution in [0.2, 0.25) is 0 Å². The van der Waals surface area contributed by atoms with E-state index in [4.69, 9.17) is 0 Å². The van der Waals surface area contributed by atoms with Gasteiger partial charge in [-0.15, -0.1) is 11.8 Å². The Morgan fingerprint density at radius 1 is 1.28 bits per heavy atom. The Morgan fingerprint density at radius 2 is 1.89 bits per heavy atom. The summed E-state index contributed by atoms with van der Waals surface area (Å²) in [7, 11) is 0. The van der Waals surface area contributed by atoms with Gasteiger partial charge in [0.15, 0.2) is 0 Å². The van der Waals surface area contributed by atoms with E-state index in [0.29, 0.717) is 11.7 Å². The average Bonchev–Trinajstić information content (AvgIpc) is 2.34. The summed E-state index contributed by atoms with van der Waals surface area (Å²) in [4.78, 5) is 19.2. The maximum absolute atomic E-state index is 12.2. The van der Waals surface area contributed by atoms with Crippen LogP contribution in [0.1, 0.15) is 27.7 Å². The molecule has 1 aromatic heterocycles. The molecule has 1 aromatic rings. The topological polar surface area (TPSA) is 33.2 Å². The lowest BCUT2D eigenvalue weighted by atomic mass is 10.2. The number of aromatic nitrogens is 1. The number of hydrogen-bond acceptors (Lipinski definition) is 3. The Morgan fingerprint density at radius 3 is 2.39 bits per heavy atom. The summed E-state index contributed by atoms with van der Waals surface area (Å²) in [5, 5.41) is 0. The summed E-state index contributed by atoms with van der Waals surface area (Å²) in [5.41, 5.74) is 0. The molecule has 0 N–H and O–H groups in total. The molecule has 0 radical (unpaired) electrons. The van der Waals surface area contributed by atoms with E-state index in [9.17, 15) is 4.79 Å². The molecule has 1 heterocycles. The maximum atomic E-state index is 12.2. The van der Waals surface area contributed by atoms with E-state index >= 15 is 0 Å². The highest BCUT2D eigenvalue weighted by Crippen LogP contribution is 2.17. The number of carbonyl (C=O) groups excluding carboxylic acids is 1. The van der Waals surface area contributed by atoms with Gasteiger partial charge in [0.1, 0.15) is 0 Å².